The topological polar surface area (TPSA) is 46.4 Å². The first-order valence-electron chi connectivity index (χ1n) is 7.36. The van der Waals surface area contributed by atoms with Crippen molar-refractivity contribution in [3.05, 3.63) is 89.7 Å². The van der Waals surface area contributed by atoms with Gasteiger partial charge in [-0.2, -0.15) is 5.10 Å². The molecule has 0 spiro atoms. The van der Waals surface area contributed by atoms with E-state index in [1.54, 1.807) is 12.3 Å². The van der Waals surface area contributed by atoms with E-state index < -0.39 is 0 Å². The van der Waals surface area contributed by atoms with Crippen molar-refractivity contribution in [3.8, 4) is 5.69 Å². The van der Waals surface area contributed by atoms with Gasteiger partial charge in [-0.3, -0.25) is 4.79 Å². The molecule has 0 atom stereocenters. The Labute approximate surface area is 135 Å². The zero-order valence-electron chi connectivity index (χ0n) is 12.8. The summed E-state index contributed by atoms with van der Waals surface area (Å²) in [7, 11) is 0. The van der Waals surface area contributed by atoms with Crippen molar-refractivity contribution in [2.45, 2.75) is 6.92 Å². The minimum Gasteiger partial charge on any atom is -0.323 e. The number of amides is 1. The summed E-state index contributed by atoms with van der Waals surface area (Å²) in [6.45, 7) is 2.02. The van der Waals surface area contributed by atoms with Gasteiger partial charge in [-0.25, -0.2) is 5.43 Å². The molecule has 1 aromatic heterocycles. The predicted molar refractivity (Wildman–Crippen MR) is 92.0 cm³/mol. The number of nitrogens with one attached hydrogen (secondary N) is 1. The molecular formula is C19H17N3O. The summed E-state index contributed by atoms with van der Waals surface area (Å²) in [6, 6.07) is 19.2. The van der Waals surface area contributed by atoms with Crippen LogP contribution in [0.4, 0.5) is 0 Å². The Morgan fingerprint density at radius 1 is 1.04 bits per heavy atom. The maximum Gasteiger partial charge on any atom is 0.273 e. The average molecular weight is 303 g/mol. The Balaban J connectivity index is 1.77. The van der Waals surface area contributed by atoms with Gasteiger partial charge in [0.15, 0.2) is 0 Å². The molecule has 0 aliphatic rings. The first-order valence-corrected chi connectivity index (χ1v) is 7.36. The summed E-state index contributed by atoms with van der Waals surface area (Å²) in [6.07, 6.45) is 5.45. The van der Waals surface area contributed by atoms with Gasteiger partial charge in [0.1, 0.15) is 0 Å². The largest absolute Gasteiger partial charge is 0.323 e. The number of carbonyl (C=O) groups excluding carboxylic acids is 1. The highest BCUT2D eigenvalue weighted by Gasteiger charge is 2.10. The highest BCUT2D eigenvalue weighted by atomic mass is 16.2. The smallest absolute Gasteiger partial charge is 0.273 e. The lowest BCUT2D eigenvalue weighted by Crippen LogP contribution is -2.19. The Hall–Kier alpha value is -3.14. The third-order valence-corrected chi connectivity index (χ3v) is 3.45. The number of benzene rings is 2. The summed E-state index contributed by atoms with van der Waals surface area (Å²) in [5, 5.41) is 4.05. The molecule has 23 heavy (non-hydrogen) atoms. The van der Waals surface area contributed by atoms with Crippen LogP contribution in [0.5, 0.6) is 0 Å². The van der Waals surface area contributed by atoms with Crippen LogP contribution in [0.3, 0.4) is 0 Å². The van der Waals surface area contributed by atoms with Crippen LogP contribution in [-0.2, 0) is 0 Å². The third kappa shape index (κ3) is 3.55. The second-order valence-corrected chi connectivity index (χ2v) is 5.22. The molecular weight excluding hydrogens is 286 g/mol. The van der Waals surface area contributed by atoms with E-state index in [4.69, 9.17) is 0 Å². The van der Waals surface area contributed by atoms with Crippen LogP contribution >= 0.6 is 0 Å². The minimum atomic E-state index is -0.238. The van der Waals surface area contributed by atoms with Crippen LogP contribution in [0, 0.1) is 6.92 Å². The van der Waals surface area contributed by atoms with Crippen molar-refractivity contribution in [2.24, 2.45) is 5.10 Å². The number of carbonyl (C=O) groups is 1. The Morgan fingerprint density at radius 2 is 1.83 bits per heavy atom. The Bertz CT molecular complexity index is 835. The zero-order valence-corrected chi connectivity index (χ0v) is 12.8. The van der Waals surface area contributed by atoms with Gasteiger partial charge in [-0.15, -0.1) is 0 Å². The number of aromatic nitrogens is 1. The van der Waals surface area contributed by atoms with Gasteiger partial charge >= 0.3 is 0 Å². The lowest BCUT2D eigenvalue weighted by atomic mass is 10.1. The molecule has 114 valence electrons. The molecule has 0 fully saturated rings. The van der Waals surface area contributed by atoms with Crippen LogP contribution in [0.15, 0.2) is 78.2 Å². The van der Waals surface area contributed by atoms with E-state index in [0.717, 1.165) is 16.8 Å². The molecule has 0 aliphatic carbocycles. The predicted octanol–water partition coefficient (Wildman–Crippen LogP) is 3.55. The molecule has 1 N–H and O–H groups in total. The van der Waals surface area contributed by atoms with Crippen molar-refractivity contribution in [2.75, 3.05) is 0 Å². The van der Waals surface area contributed by atoms with Crippen LogP contribution in [-0.4, -0.2) is 16.7 Å². The van der Waals surface area contributed by atoms with E-state index in [1.165, 1.54) is 0 Å². The molecule has 2 aromatic carbocycles. The number of hydrogen-bond acceptors (Lipinski definition) is 2. The number of hydrazone groups is 1. The van der Waals surface area contributed by atoms with Gasteiger partial charge in [0.05, 0.1) is 17.5 Å². The maximum absolute atomic E-state index is 12.4. The molecule has 1 heterocycles. The molecule has 0 saturated heterocycles. The highest BCUT2D eigenvalue weighted by Crippen LogP contribution is 2.14. The summed E-state index contributed by atoms with van der Waals surface area (Å²) >= 11 is 0. The van der Waals surface area contributed by atoms with E-state index in [2.05, 4.69) is 10.5 Å². The molecule has 0 saturated carbocycles. The average Bonchev–Trinajstić information content (AvgIpc) is 3.09. The lowest BCUT2D eigenvalue weighted by Gasteiger charge is -2.09. The summed E-state index contributed by atoms with van der Waals surface area (Å²) in [5.74, 6) is -0.238. The number of para-hydroxylation sites is 1. The van der Waals surface area contributed by atoms with E-state index in [0.29, 0.717) is 5.56 Å². The fourth-order valence-electron chi connectivity index (χ4n) is 2.36. The zero-order chi connectivity index (χ0) is 16.1. The van der Waals surface area contributed by atoms with Gasteiger partial charge < -0.3 is 4.57 Å². The van der Waals surface area contributed by atoms with Gasteiger partial charge in [-0.05, 0) is 36.8 Å². The third-order valence-electron chi connectivity index (χ3n) is 3.45. The van der Waals surface area contributed by atoms with Gasteiger partial charge in [0.25, 0.3) is 5.91 Å². The summed E-state index contributed by atoms with van der Waals surface area (Å²) in [5.41, 5.74) is 6.08. The van der Waals surface area contributed by atoms with Crippen molar-refractivity contribution in [1.29, 1.82) is 0 Å². The standard InChI is InChI=1S/C19H17N3O/c1-15-7-6-8-16(13-15)14-20-21-19(23)17-9-2-3-10-18(17)22-11-4-5-12-22/h2-14H,1H3,(H,21,23). The first-order chi connectivity index (χ1) is 11.2. The van der Waals surface area contributed by atoms with Crippen LogP contribution in [0.2, 0.25) is 0 Å². The summed E-state index contributed by atoms with van der Waals surface area (Å²) in [4.78, 5) is 12.4. The van der Waals surface area contributed by atoms with E-state index in [-0.39, 0.29) is 5.91 Å². The van der Waals surface area contributed by atoms with Crippen molar-refractivity contribution >= 4 is 12.1 Å². The number of nitrogens with zero attached hydrogens (tertiary/aromatic N) is 2. The number of aryl methyl sites for hydroxylation is 1. The fourth-order valence-corrected chi connectivity index (χ4v) is 2.36. The van der Waals surface area contributed by atoms with E-state index >= 15 is 0 Å². The van der Waals surface area contributed by atoms with Crippen LogP contribution < -0.4 is 5.43 Å². The maximum atomic E-state index is 12.4. The van der Waals surface area contributed by atoms with Gasteiger partial charge in [0.2, 0.25) is 0 Å². The second-order valence-electron chi connectivity index (χ2n) is 5.22. The normalized spacial score (nSPS) is 10.8. The van der Waals surface area contributed by atoms with Crippen molar-refractivity contribution in [3.63, 3.8) is 0 Å². The van der Waals surface area contributed by atoms with Gasteiger partial charge in [-0.1, -0.05) is 42.0 Å². The summed E-state index contributed by atoms with van der Waals surface area (Å²) < 4.78 is 1.90. The first kappa shape index (κ1) is 14.8. The molecule has 3 rings (SSSR count). The molecule has 0 radical (unpaired) electrons. The molecule has 0 bridgehead atoms. The van der Waals surface area contributed by atoms with Crippen molar-refractivity contribution < 1.29 is 4.79 Å². The van der Waals surface area contributed by atoms with Crippen LogP contribution in [0.1, 0.15) is 21.5 Å². The van der Waals surface area contributed by atoms with Crippen molar-refractivity contribution in [1.82, 2.24) is 9.99 Å². The molecule has 4 nitrogen and oxygen atoms in total. The Morgan fingerprint density at radius 3 is 2.61 bits per heavy atom. The van der Waals surface area contributed by atoms with E-state index in [1.807, 2.05) is 78.5 Å². The molecule has 3 aromatic rings. The molecule has 0 unspecified atom stereocenters. The number of rotatable bonds is 4. The highest BCUT2D eigenvalue weighted by molar-refractivity contribution is 5.98. The fraction of sp³-hybridized carbons (Fsp3) is 0.0526. The molecule has 1 amide bonds. The van der Waals surface area contributed by atoms with Crippen LogP contribution in [0.25, 0.3) is 5.69 Å². The second kappa shape index (κ2) is 6.75. The lowest BCUT2D eigenvalue weighted by molar-refractivity contribution is 0.0955. The monoisotopic (exact) mass is 303 g/mol. The molecule has 0 aliphatic heterocycles. The number of hydrogen-bond donors (Lipinski definition) is 1. The SMILES string of the molecule is Cc1cccc(C=NNC(=O)c2ccccc2-n2cccc2)c1. The molecule has 4 heteroatoms. The quantitative estimate of drug-likeness (QED) is 0.581. The van der Waals surface area contributed by atoms with E-state index in [9.17, 15) is 4.79 Å². The minimum absolute atomic E-state index is 0.238. The Kier molecular flexibility index (Phi) is 4.34. The van der Waals surface area contributed by atoms with Gasteiger partial charge in [0, 0.05) is 12.4 Å².